The van der Waals surface area contributed by atoms with Gasteiger partial charge in [-0.05, 0) is 31.0 Å². The van der Waals surface area contributed by atoms with Crippen molar-refractivity contribution in [2.45, 2.75) is 33.6 Å². The van der Waals surface area contributed by atoms with Crippen molar-refractivity contribution in [1.29, 1.82) is 0 Å². The maximum absolute atomic E-state index is 11.6. The Morgan fingerprint density at radius 2 is 1.87 bits per heavy atom. The Balaban J connectivity index is 0.000000531. The number of rotatable bonds is 0. The van der Waals surface area contributed by atoms with Crippen LogP contribution in [0.25, 0.3) is 0 Å². The minimum absolute atomic E-state index is 0.0283. The summed E-state index contributed by atoms with van der Waals surface area (Å²) in [4.78, 5) is 13.3. The zero-order valence-corrected chi connectivity index (χ0v) is 10.2. The normalized spacial score (nSPS) is 18.3. The predicted octanol–water partition coefficient (Wildman–Crippen LogP) is 3.10. The van der Waals surface area contributed by atoms with Gasteiger partial charge in [-0.25, -0.2) is 0 Å². The van der Waals surface area contributed by atoms with Crippen LogP contribution in [0.5, 0.6) is 0 Å². The van der Waals surface area contributed by atoms with E-state index in [0.29, 0.717) is 0 Å². The van der Waals surface area contributed by atoms with Crippen LogP contribution in [-0.4, -0.2) is 13.0 Å². The van der Waals surface area contributed by atoms with Crippen molar-refractivity contribution in [3.8, 4) is 0 Å². The maximum Gasteiger partial charge on any atom is 0.234 e. The van der Waals surface area contributed by atoms with E-state index in [1.807, 2.05) is 34.7 Å². The second-order valence-electron chi connectivity index (χ2n) is 3.68. The lowest BCUT2D eigenvalue weighted by Gasteiger charge is -2.09. The zero-order valence-electron chi connectivity index (χ0n) is 10.2. The first-order chi connectivity index (χ1) is 7.11. The van der Waals surface area contributed by atoms with E-state index < -0.39 is 0 Å². The standard InChI is InChI=1S/C11H13NO.C2H6/c1-7-4-5-9-8(2)11(13)12(3)10(9)6-7;1-2/h4-6,8H,1-3H3;1-2H3. The molecule has 1 heterocycles. The van der Waals surface area contributed by atoms with Gasteiger partial charge >= 0.3 is 0 Å². The Bertz CT molecular complexity index is 371. The summed E-state index contributed by atoms with van der Waals surface area (Å²) in [6.07, 6.45) is 0. The third-order valence-corrected chi connectivity index (χ3v) is 2.71. The highest BCUT2D eigenvalue weighted by atomic mass is 16.2. The van der Waals surface area contributed by atoms with Crippen LogP contribution in [0.15, 0.2) is 18.2 Å². The molecule has 1 atom stereocenters. The first-order valence-electron chi connectivity index (χ1n) is 5.49. The largest absolute Gasteiger partial charge is 0.315 e. The van der Waals surface area contributed by atoms with E-state index in [1.54, 1.807) is 4.90 Å². The molecule has 0 aromatic heterocycles. The molecule has 2 rings (SSSR count). The van der Waals surface area contributed by atoms with Gasteiger partial charge in [0.2, 0.25) is 5.91 Å². The van der Waals surface area contributed by atoms with Gasteiger partial charge in [-0.2, -0.15) is 0 Å². The van der Waals surface area contributed by atoms with Crippen molar-refractivity contribution < 1.29 is 4.79 Å². The van der Waals surface area contributed by atoms with E-state index in [-0.39, 0.29) is 11.8 Å². The van der Waals surface area contributed by atoms with Crippen molar-refractivity contribution in [3.05, 3.63) is 29.3 Å². The average molecular weight is 205 g/mol. The minimum Gasteiger partial charge on any atom is -0.315 e. The summed E-state index contributed by atoms with van der Waals surface area (Å²) in [6, 6.07) is 6.18. The number of carbonyl (C=O) groups is 1. The van der Waals surface area contributed by atoms with Crippen molar-refractivity contribution >= 4 is 11.6 Å². The molecule has 1 aliphatic rings. The molecule has 0 aliphatic carbocycles. The molecule has 2 nitrogen and oxygen atoms in total. The van der Waals surface area contributed by atoms with Crippen molar-refractivity contribution in [3.63, 3.8) is 0 Å². The lowest BCUT2D eigenvalue weighted by atomic mass is 10.0. The van der Waals surface area contributed by atoms with Crippen LogP contribution in [-0.2, 0) is 4.79 Å². The third kappa shape index (κ3) is 1.89. The fraction of sp³-hybridized carbons (Fsp3) is 0.462. The Morgan fingerprint density at radius 1 is 1.27 bits per heavy atom. The molecule has 1 aliphatic heterocycles. The van der Waals surface area contributed by atoms with Crippen LogP contribution in [0.2, 0.25) is 0 Å². The molecular formula is C13H19NO. The van der Waals surface area contributed by atoms with Crippen molar-refractivity contribution in [2.75, 3.05) is 11.9 Å². The highest BCUT2D eigenvalue weighted by Gasteiger charge is 2.31. The minimum atomic E-state index is 0.0283. The molecule has 82 valence electrons. The van der Waals surface area contributed by atoms with Crippen LogP contribution in [0.4, 0.5) is 5.69 Å². The molecule has 1 amide bonds. The van der Waals surface area contributed by atoms with Crippen molar-refractivity contribution in [1.82, 2.24) is 0 Å². The first kappa shape index (κ1) is 11.8. The monoisotopic (exact) mass is 205 g/mol. The summed E-state index contributed by atoms with van der Waals surface area (Å²) in [5.74, 6) is 0.223. The fourth-order valence-corrected chi connectivity index (χ4v) is 1.85. The van der Waals surface area contributed by atoms with E-state index in [0.717, 1.165) is 11.3 Å². The quantitative estimate of drug-likeness (QED) is 0.637. The van der Waals surface area contributed by atoms with E-state index in [4.69, 9.17) is 0 Å². The van der Waals surface area contributed by atoms with Gasteiger partial charge < -0.3 is 4.90 Å². The van der Waals surface area contributed by atoms with Gasteiger partial charge in [-0.15, -0.1) is 0 Å². The topological polar surface area (TPSA) is 20.3 Å². The van der Waals surface area contributed by atoms with Crippen LogP contribution in [0.3, 0.4) is 0 Å². The molecule has 15 heavy (non-hydrogen) atoms. The average Bonchev–Trinajstić information content (AvgIpc) is 2.47. The summed E-state index contributed by atoms with van der Waals surface area (Å²) in [5, 5.41) is 0. The smallest absolute Gasteiger partial charge is 0.234 e. The Morgan fingerprint density at radius 3 is 2.47 bits per heavy atom. The number of hydrogen-bond donors (Lipinski definition) is 0. The highest BCUT2D eigenvalue weighted by Crippen LogP contribution is 2.36. The Hall–Kier alpha value is -1.31. The lowest BCUT2D eigenvalue weighted by Crippen LogP contribution is -2.22. The molecule has 0 saturated heterocycles. The molecule has 0 spiro atoms. The number of likely N-dealkylation sites (N-methyl/N-ethyl adjacent to an activating group) is 1. The van der Waals surface area contributed by atoms with E-state index in [2.05, 4.69) is 18.2 Å². The van der Waals surface area contributed by atoms with Crippen LogP contribution in [0.1, 0.15) is 37.8 Å². The highest BCUT2D eigenvalue weighted by molar-refractivity contribution is 6.04. The molecule has 0 radical (unpaired) electrons. The molecule has 1 aromatic rings. The molecule has 0 fully saturated rings. The van der Waals surface area contributed by atoms with Gasteiger partial charge in [0.1, 0.15) is 0 Å². The molecule has 0 N–H and O–H groups in total. The second-order valence-corrected chi connectivity index (χ2v) is 3.68. The van der Waals surface area contributed by atoms with Crippen LogP contribution in [0, 0.1) is 6.92 Å². The molecule has 2 heteroatoms. The molecular weight excluding hydrogens is 186 g/mol. The van der Waals surface area contributed by atoms with E-state index >= 15 is 0 Å². The molecule has 1 aromatic carbocycles. The van der Waals surface area contributed by atoms with Crippen molar-refractivity contribution in [2.24, 2.45) is 0 Å². The van der Waals surface area contributed by atoms with Gasteiger partial charge in [0.25, 0.3) is 0 Å². The number of nitrogens with zero attached hydrogens (tertiary/aromatic N) is 1. The summed E-state index contributed by atoms with van der Waals surface area (Å²) >= 11 is 0. The summed E-state index contributed by atoms with van der Waals surface area (Å²) in [5.41, 5.74) is 3.42. The lowest BCUT2D eigenvalue weighted by molar-refractivity contribution is -0.118. The summed E-state index contributed by atoms with van der Waals surface area (Å²) in [7, 11) is 1.84. The number of benzene rings is 1. The Labute approximate surface area is 91.9 Å². The van der Waals surface area contributed by atoms with Gasteiger partial charge in [0.15, 0.2) is 0 Å². The van der Waals surface area contributed by atoms with Gasteiger partial charge in [0, 0.05) is 12.7 Å². The second kappa shape index (κ2) is 4.47. The predicted molar refractivity (Wildman–Crippen MR) is 64.4 cm³/mol. The summed E-state index contributed by atoms with van der Waals surface area (Å²) in [6.45, 7) is 8.00. The van der Waals surface area contributed by atoms with Gasteiger partial charge in [0.05, 0.1) is 5.92 Å². The fourth-order valence-electron chi connectivity index (χ4n) is 1.85. The molecule has 0 saturated carbocycles. The Kier molecular flexibility index (Phi) is 3.51. The molecule has 0 bridgehead atoms. The third-order valence-electron chi connectivity index (χ3n) is 2.71. The van der Waals surface area contributed by atoms with Crippen LogP contribution < -0.4 is 4.90 Å². The number of carbonyl (C=O) groups excluding carboxylic acids is 1. The van der Waals surface area contributed by atoms with Gasteiger partial charge in [-0.3, -0.25) is 4.79 Å². The van der Waals surface area contributed by atoms with Gasteiger partial charge in [-0.1, -0.05) is 26.0 Å². The van der Waals surface area contributed by atoms with E-state index in [1.165, 1.54) is 5.56 Å². The summed E-state index contributed by atoms with van der Waals surface area (Å²) < 4.78 is 0. The molecule has 1 unspecified atom stereocenters. The number of aryl methyl sites for hydroxylation is 1. The number of anilines is 1. The maximum atomic E-state index is 11.6. The van der Waals surface area contributed by atoms with E-state index in [9.17, 15) is 4.79 Å². The number of fused-ring (bicyclic) bond motifs is 1. The number of amides is 1. The zero-order chi connectivity index (χ0) is 11.6. The SMILES string of the molecule is CC.Cc1ccc2c(c1)N(C)C(=O)C2C. The first-order valence-corrected chi connectivity index (χ1v) is 5.49. The van der Waals surface area contributed by atoms with Crippen LogP contribution >= 0.6 is 0 Å². The number of hydrogen-bond acceptors (Lipinski definition) is 1.